The van der Waals surface area contributed by atoms with Crippen LogP contribution in [0.1, 0.15) is 29.7 Å². The summed E-state index contributed by atoms with van der Waals surface area (Å²) in [6.07, 6.45) is 0. The first kappa shape index (κ1) is 15.5. The van der Waals surface area contributed by atoms with Crippen molar-refractivity contribution >= 4 is 15.7 Å². The minimum atomic E-state index is -3.59. The molecule has 0 spiro atoms. The predicted octanol–water partition coefficient (Wildman–Crippen LogP) is 3.12. The van der Waals surface area contributed by atoms with Crippen molar-refractivity contribution in [3.05, 3.63) is 59.2 Å². The molecule has 1 atom stereocenters. The summed E-state index contributed by atoms with van der Waals surface area (Å²) < 4.78 is 27.6. The second-order valence-electron chi connectivity index (χ2n) is 5.23. The zero-order valence-corrected chi connectivity index (χ0v) is 13.2. The lowest BCUT2D eigenvalue weighted by molar-refractivity contribution is 0.601. The molecule has 0 radical (unpaired) electrons. The van der Waals surface area contributed by atoms with Crippen molar-refractivity contribution in [1.29, 1.82) is 0 Å². The second-order valence-corrected chi connectivity index (χ2v) is 6.91. The standard InChI is InChI=1S/C16H20N2O2S/c1-11-5-4-6-12(2)16(11)18-21(19,20)15-9-7-14(8-10-15)13(3)17/h4-10,13,18H,17H2,1-3H3. The number of hydrogen-bond donors (Lipinski definition) is 2. The van der Waals surface area contributed by atoms with Gasteiger partial charge >= 0.3 is 0 Å². The maximum atomic E-state index is 12.4. The summed E-state index contributed by atoms with van der Waals surface area (Å²) in [5.41, 5.74) is 9.10. The number of nitrogens with two attached hydrogens (primary N) is 1. The molecule has 0 heterocycles. The van der Waals surface area contributed by atoms with Crippen molar-refractivity contribution in [2.24, 2.45) is 5.73 Å². The molecule has 112 valence electrons. The molecule has 2 aromatic rings. The van der Waals surface area contributed by atoms with E-state index in [9.17, 15) is 8.42 Å². The molecular weight excluding hydrogens is 284 g/mol. The third-order valence-electron chi connectivity index (χ3n) is 3.43. The lowest BCUT2D eigenvalue weighted by atomic mass is 10.1. The van der Waals surface area contributed by atoms with E-state index in [-0.39, 0.29) is 10.9 Å². The normalized spacial score (nSPS) is 13.0. The molecule has 2 rings (SSSR count). The third kappa shape index (κ3) is 3.43. The molecule has 0 bridgehead atoms. The van der Waals surface area contributed by atoms with Gasteiger partial charge in [0, 0.05) is 6.04 Å². The summed E-state index contributed by atoms with van der Waals surface area (Å²) in [4.78, 5) is 0.231. The number of aryl methyl sites for hydroxylation is 2. The number of hydrogen-bond acceptors (Lipinski definition) is 3. The Hall–Kier alpha value is -1.85. The molecule has 21 heavy (non-hydrogen) atoms. The Morgan fingerprint density at radius 2 is 1.52 bits per heavy atom. The van der Waals surface area contributed by atoms with Gasteiger partial charge in [-0.3, -0.25) is 4.72 Å². The Balaban J connectivity index is 2.34. The van der Waals surface area contributed by atoms with Crippen molar-refractivity contribution in [2.75, 3.05) is 4.72 Å². The highest BCUT2D eigenvalue weighted by atomic mass is 32.2. The molecule has 0 aliphatic rings. The average molecular weight is 304 g/mol. The van der Waals surface area contributed by atoms with Crippen LogP contribution in [0.15, 0.2) is 47.4 Å². The fourth-order valence-electron chi connectivity index (χ4n) is 2.12. The Bertz CT molecular complexity index is 715. The van der Waals surface area contributed by atoms with Gasteiger partial charge in [-0.2, -0.15) is 0 Å². The van der Waals surface area contributed by atoms with E-state index in [4.69, 9.17) is 5.73 Å². The van der Waals surface area contributed by atoms with E-state index in [0.29, 0.717) is 5.69 Å². The largest absolute Gasteiger partial charge is 0.324 e. The zero-order valence-electron chi connectivity index (χ0n) is 12.4. The van der Waals surface area contributed by atoms with Crippen molar-refractivity contribution in [3.63, 3.8) is 0 Å². The minimum absolute atomic E-state index is 0.117. The van der Waals surface area contributed by atoms with Crippen LogP contribution >= 0.6 is 0 Å². The van der Waals surface area contributed by atoms with Crippen molar-refractivity contribution in [3.8, 4) is 0 Å². The molecule has 0 saturated carbocycles. The van der Waals surface area contributed by atoms with Gasteiger partial charge in [-0.15, -0.1) is 0 Å². The van der Waals surface area contributed by atoms with Crippen LogP contribution in [0.3, 0.4) is 0 Å². The molecule has 0 fully saturated rings. The van der Waals surface area contributed by atoms with Gasteiger partial charge < -0.3 is 5.73 Å². The molecular formula is C16H20N2O2S. The summed E-state index contributed by atoms with van der Waals surface area (Å²) in [6.45, 7) is 5.62. The third-order valence-corrected chi connectivity index (χ3v) is 4.80. The predicted molar refractivity (Wildman–Crippen MR) is 85.8 cm³/mol. The maximum Gasteiger partial charge on any atom is 0.261 e. The van der Waals surface area contributed by atoms with E-state index in [1.165, 1.54) is 0 Å². The van der Waals surface area contributed by atoms with E-state index in [0.717, 1.165) is 16.7 Å². The molecule has 5 heteroatoms. The fourth-order valence-corrected chi connectivity index (χ4v) is 3.32. The van der Waals surface area contributed by atoms with Crippen molar-refractivity contribution in [1.82, 2.24) is 0 Å². The number of anilines is 1. The first-order valence-electron chi connectivity index (χ1n) is 6.76. The molecule has 1 unspecified atom stereocenters. The summed E-state index contributed by atoms with van der Waals surface area (Å²) in [5, 5.41) is 0. The Morgan fingerprint density at radius 3 is 2.00 bits per heavy atom. The van der Waals surface area contributed by atoms with Gasteiger partial charge in [0.1, 0.15) is 0 Å². The molecule has 4 nitrogen and oxygen atoms in total. The van der Waals surface area contributed by atoms with E-state index in [1.807, 2.05) is 39.0 Å². The number of benzene rings is 2. The summed E-state index contributed by atoms with van der Waals surface area (Å²) >= 11 is 0. The number of sulfonamides is 1. The van der Waals surface area contributed by atoms with Crippen molar-refractivity contribution < 1.29 is 8.42 Å². The first-order chi connectivity index (χ1) is 9.81. The molecule has 0 saturated heterocycles. The lowest BCUT2D eigenvalue weighted by Crippen LogP contribution is -2.15. The summed E-state index contributed by atoms with van der Waals surface area (Å²) in [7, 11) is -3.59. The van der Waals surface area contributed by atoms with Crippen LogP contribution in [0.2, 0.25) is 0 Å². The van der Waals surface area contributed by atoms with Crippen LogP contribution in [0.25, 0.3) is 0 Å². The molecule has 0 amide bonds. The van der Waals surface area contributed by atoms with E-state index < -0.39 is 10.0 Å². The molecule has 0 aromatic heterocycles. The first-order valence-corrected chi connectivity index (χ1v) is 8.24. The molecule has 2 aromatic carbocycles. The Morgan fingerprint density at radius 1 is 1.00 bits per heavy atom. The van der Waals surface area contributed by atoms with Gasteiger partial charge in [-0.05, 0) is 49.6 Å². The van der Waals surface area contributed by atoms with Crippen LogP contribution in [0, 0.1) is 13.8 Å². The van der Waals surface area contributed by atoms with E-state index in [2.05, 4.69) is 4.72 Å². The molecule has 3 N–H and O–H groups in total. The topological polar surface area (TPSA) is 72.2 Å². The quantitative estimate of drug-likeness (QED) is 0.911. The van der Waals surface area contributed by atoms with Crippen LogP contribution in [-0.2, 0) is 10.0 Å². The number of para-hydroxylation sites is 1. The van der Waals surface area contributed by atoms with Crippen LogP contribution < -0.4 is 10.5 Å². The summed E-state index contributed by atoms with van der Waals surface area (Å²) in [5.74, 6) is 0. The van der Waals surface area contributed by atoms with E-state index >= 15 is 0 Å². The highest BCUT2D eigenvalue weighted by Crippen LogP contribution is 2.24. The van der Waals surface area contributed by atoms with E-state index in [1.54, 1.807) is 24.3 Å². The van der Waals surface area contributed by atoms with Gasteiger partial charge in [-0.25, -0.2) is 8.42 Å². The number of nitrogens with one attached hydrogen (secondary N) is 1. The van der Waals surface area contributed by atoms with Gasteiger partial charge in [0.05, 0.1) is 10.6 Å². The molecule has 0 aliphatic carbocycles. The highest BCUT2D eigenvalue weighted by Gasteiger charge is 2.16. The Kier molecular flexibility index (Phi) is 4.34. The Labute approximate surface area is 126 Å². The van der Waals surface area contributed by atoms with Crippen molar-refractivity contribution in [2.45, 2.75) is 31.7 Å². The highest BCUT2D eigenvalue weighted by molar-refractivity contribution is 7.92. The lowest BCUT2D eigenvalue weighted by Gasteiger charge is -2.14. The van der Waals surface area contributed by atoms with Crippen LogP contribution in [0.5, 0.6) is 0 Å². The minimum Gasteiger partial charge on any atom is -0.324 e. The molecule has 0 aliphatic heterocycles. The fraction of sp³-hybridized carbons (Fsp3) is 0.250. The monoisotopic (exact) mass is 304 g/mol. The summed E-state index contributed by atoms with van der Waals surface area (Å²) in [6, 6.07) is 12.2. The van der Waals surface area contributed by atoms with Gasteiger partial charge in [-0.1, -0.05) is 30.3 Å². The maximum absolute atomic E-state index is 12.4. The van der Waals surface area contributed by atoms with Crippen LogP contribution in [0.4, 0.5) is 5.69 Å². The van der Waals surface area contributed by atoms with Gasteiger partial charge in [0.25, 0.3) is 10.0 Å². The van der Waals surface area contributed by atoms with Crippen LogP contribution in [-0.4, -0.2) is 8.42 Å². The van der Waals surface area contributed by atoms with Gasteiger partial charge in [0.2, 0.25) is 0 Å². The number of rotatable bonds is 4. The zero-order chi connectivity index (χ0) is 15.6. The van der Waals surface area contributed by atoms with Gasteiger partial charge in [0.15, 0.2) is 0 Å². The smallest absolute Gasteiger partial charge is 0.261 e. The SMILES string of the molecule is Cc1cccc(C)c1NS(=O)(=O)c1ccc(C(C)N)cc1. The second kappa shape index (κ2) is 5.87. The average Bonchev–Trinajstić information content (AvgIpc) is 2.43.